The fourth-order valence-corrected chi connectivity index (χ4v) is 3.31. The predicted molar refractivity (Wildman–Crippen MR) is 79.6 cm³/mol. The van der Waals surface area contributed by atoms with Gasteiger partial charge >= 0.3 is 0 Å². The summed E-state index contributed by atoms with van der Waals surface area (Å²) in [7, 11) is -2.84. The van der Waals surface area contributed by atoms with Gasteiger partial charge in [0, 0.05) is 21.8 Å². The molecule has 17 heavy (non-hydrogen) atoms. The third-order valence-corrected chi connectivity index (χ3v) is 4.94. The highest BCUT2D eigenvalue weighted by Crippen LogP contribution is 2.25. The van der Waals surface area contributed by atoms with Gasteiger partial charge in [0.2, 0.25) is 0 Å². The molecular formula is C12H16Br2O2S. The van der Waals surface area contributed by atoms with E-state index >= 15 is 0 Å². The highest BCUT2D eigenvalue weighted by Gasteiger charge is 2.11. The Bertz CT molecular complexity index is 440. The van der Waals surface area contributed by atoms with Crippen molar-refractivity contribution in [3.63, 3.8) is 0 Å². The zero-order valence-corrected chi connectivity index (χ0v) is 13.7. The molecule has 1 unspecified atom stereocenters. The van der Waals surface area contributed by atoms with Crippen molar-refractivity contribution in [3.05, 3.63) is 34.3 Å². The number of rotatable bonds is 6. The minimum atomic E-state index is -2.84. The number of sulfone groups is 1. The third kappa shape index (κ3) is 6.02. The van der Waals surface area contributed by atoms with Crippen molar-refractivity contribution >= 4 is 41.7 Å². The minimum Gasteiger partial charge on any atom is -0.229 e. The van der Waals surface area contributed by atoms with Gasteiger partial charge in [-0.2, -0.15) is 0 Å². The molecule has 0 aliphatic rings. The van der Waals surface area contributed by atoms with Crippen LogP contribution in [0.3, 0.4) is 0 Å². The highest BCUT2D eigenvalue weighted by atomic mass is 79.9. The number of halogens is 2. The fourth-order valence-electron chi connectivity index (χ4n) is 1.66. The molecule has 0 saturated heterocycles. The summed E-state index contributed by atoms with van der Waals surface area (Å²) in [6.07, 6.45) is 2.89. The van der Waals surface area contributed by atoms with Gasteiger partial charge < -0.3 is 0 Å². The molecule has 1 aromatic rings. The molecule has 0 aliphatic heterocycles. The maximum Gasteiger partial charge on any atom is 0.147 e. The summed E-state index contributed by atoms with van der Waals surface area (Å²) in [4.78, 5) is 0. The van der Waals surface area contributed by atoms with Crippen molar-refractivity contribution in [1.29, 1.82) is 0 Å². The summed E-state index contributed by atoms with van der Waals surface area (Å²) in [5.41, 5.74) is 1.25. The van der Waals surface area contributed by atoms with E-state index in [9.17, 15) is 8.42 Å². The molecule has 1 aromatic carbocycles. The number of hydrogen-bond donors (Lipinski definition) is 0. The van der Waals surface area contributed by atoms with E-state index in [-0.39, 0.29) is 5.75 Å². The molecule has 0 fully saturated rings. The van der Waals surface area contributed by atoms with Gasteiger partial charge in [0.15, 0.2) is 0 Å². The Morgan fingerprint density at radius 2 is 1.82 bits per heavy atom. The molecule has 2 nitrogen and oxygen atoms in total. The van der Waals surface area contributed by atoms with Crippen molar-refractivity contribution < 1.29 is 8.42 Å². The van der Waals surface area contributed by atoms with Crippen LogP contribution in [0.4, 0.5) is 0 Å². The van der Waals surface area contributed by atoms with E-state index in [0.29, 0.717) is 12.3 Å². The van der Waals surface area contributed by atoms with Crippen molar-refractivity contribution in [1.82, 2.24) is 0 Å². The molecule has 1 rings (SSSR count). The first-order valence-electron chi connectivity index (χ1n) is 5.41. The van der Waals surface area contributed by atoms with E-state index in [2.05, 4.69) is 44.0 Å². The van der Waals surface area contributed by atoms with Crippen LogP contribution in [0.1, 0.15) is 24.3 Å². The minimum absolute atomic E-state index is 0.271. The smallest absolute Gasteiger partial charge is 0.147 e. The van der Waals surface area contributed by atoms with Crippen molar-refractivity contribution in [2.75, 3.05) is 17.3 Å². The van der Waals surface area contributed by atoms with Gasteiger partial charge in [0.1, 0.15) is 9.84 Å². The first-order chi connectivity index (χ1) is 7.92. The van der Waals surface area contributed by atoms with E-state index in [0.717, 1.165) is 16.2 Å². The molecule has 96 valence electrons. The van der Waals surface area contributed by atoms with Gasteiger partial charge in [-0.1, -0.05) is 44.0 Å². The quantitative estimate of drug-likeness (QED) is 0.701. The van der Waals surface area contributed by atoms with Crippen LogP contribution in [0.15, 0.2) is 28.7 Å². The van der Waals surface area contributed by atoms with Crippen molar-refractivity contribution in [2.45, 2.75) is 18.8 Å². The van der Waals surface area contributed by atoms with E-state index < -0.39 is 9.84 Å². The van der Waals surface area contributed by atoms with Gasteiger partial charge in [-0.25, -0.2) is 8.42 Å². The Labute approximate surface area is 120 Å². The van der Waals surface area contributed by atoms with E-state index in [1.807, 2.05) is 12.1 Å². The monoisotopic (exact) mass is 382 g/mol. The van der Waals surface area contributed by atoms with E-state index in [1.54, 1.807) is 0 Å². The van der Waals surface area contributed by atoms with Gasteiger partial charge in [-0.15, -0.1) is 0 Å². The molecule has 0 amide bonds. The molecule has 1 atom stereocenters. The van der Waals surface area contributed by atoms with Gasteiger partial charge in [0.05, 0.1) is 0 Å². The maximum atomic E-state index is 11.1. The summed E-state index contributed by atoms with van der Waals surface area (Å²) in [6.45, 7) is 0. The Morgan fingerprint density at radius 1 is 1.24 bits per heavy atom. The summed E-state index contributed by atoms with van der Waals surface area (Å²) >= 11 is 6.89. The molecule has 5 heteroatoms. The van der Waals surface area contributed by atoms with Crippen LogP contribution in [0.25, 0.3) is 0 Å². The van der Waals surface area contributed by atoms with Crippen LogP contribution in [-0.4, -0.2) is 25.8 Å². The normalized spacial score (nSPS) is 13.6. The Kier molecular flexibility index (Phi) is 6.17. The highest BCUT2D eigenvalue weighted by molar-refractivity contribution is 9.10. The zero-order chi connectivity index (χ0) is 12.9. The molecule has 0 aromatic heterocycles. The van der Waals surface area contributed by atoms with Crippen molar-refractivity contribution in [2.24, 2.45) is 0 Å². The van der Waals surface area contributed by atoms with Crippen LogP contribution in [0.2, 0.25) is 0 Å². The molecule has 0 spiro atoms. The Hall–Kier alpha value is 0.130. The van der Waals surface area contributed by atoms with Crippen LogP contribution in [-0.2, 0) is 9.84 Å². The number of benzene rings is 1. The summed E-state index contributed by atoms with van der Waals surface area (Å²) < 4.78 is 23.2. The van der Waals surface area contributed by atoms with E-state index in [4.69, 9.17) is 0 Å². The number of alkyl halides is 1. The summed E-state index contributed by atoms with van der Waals surface area (Å²) in [5, 5.41) is 0.860. The van der Waals surface area contributed by atoms with Crippen LogP contribution < -0.4 is 0 Å². The van der Waals surface area contributed by atoms with Crippen LogP contribution >= 0.6 is 31.9 Å². The maximum absolute atomic E-state index is 11.1. The van der Waals surface area contributed by atoms with Gasteiger partial charge in [-0.3, -0.25) is 0 Å². The van der Waals surface area contributed by atoms with Gasteiger partial charge in [0.25, 0.3) is 0 Å². The van der Waals surface area contributed by atoms with Crippen LogP contribution in [0.5, 0.6) is 0 Å². The second-order valence-corrected chi connectivity index (χ2v) is 8.00. The largest absolute Gasteiger partial charge is 0.229 e. The lowest BCUT2D eigenvalue weighted by Gasteiger charge is -2.14. The molecule has 0 heterocycles. The zero-order valence-electron chi connectivity index (χ0n) is 9.70. The third-order valence-electron chi connectivity index (χ3n) is 2.60. The summed E-state index contributed by atoms with van der Waals surface area (Å²) in [5.74, 6) is 0.650. The summed E-state index contributed by atoms with van der Waals surface area (Å²) in [6, 6.07) is 8.19. The first kappa shape index (κ1) is 15.2. The molecular weight excluding hydrogens is 368 g/mol. The molecule has 0 bridgehead atoms. The van der Waals surface area contributed by atoms with E-state index in [1.165, 1.54) is 11.8 Å². The first-order valence-corrected chi connectivity index (χ1v) is 9.39. The SMILES string of the molecule is CS(=O)(=O)CCCC(CBr)c1ccc(Br)cc1. The molecule has 0 aliphatic carbocycles. The molecule has 0 saturated carbocycles. The lowest BCUT2D eigenvalue weighted by molar-refractivity contribution is 0.592. The lowest BCUT2D eigenvalue weighted by atomic mass is 9.97. The second-order valence-electron chi connectivity index (χ2n) is 4.17. The average Bonchev–Trinajstić information content (AvgIpc) is 2.24. The fraction of sp³-hybridized carbons (Fsp3) is 0.500. The Morgan fingerprint density at radius 3 is 2.29 bits per heavy atom. The Balaban J connectivity index is 2.57. The molecule has 0 N–H and O–H groups in total. The number of hydrogen-bond acceptors (Lipinski definition) is 2. The average molecular weight is 384 g/mol. The van der Waals surface area contributed by atoms with Gasteiger partial charge in [-0.05, 0) is 36.5 Å². The predicted octanol–water partition coefficient (Wildman–Crippen LogP) is 3.75. The van der Waals surface area contributed by atoms with Crippen molar-refractivity contribution in [3.8, 4) is 0 Å². The molecule has 0 radical (unpaired) electrons. The van der Waals surface area contributed by atoms with Crippen LogP contribution in [0, 0.1) is 0 Å². The lowest BCUT2D eigenvalue weighted by Crippen LogP contribution is -2.07. The topological polar surface area (TPSA) is 34.1 Å². The standard InChI is InChI=1S/C12H16Br2O2S/c1-17(15,16)8-2-3-11(9-13)10-4-6-12(14)7-5-10/h4-7,11H,2-3,8-9H2,1H3. The second kappa shape index (κ2) is 6.90.